The number of unbranched alkanes of at least 4 members (excludes halogenated alkanes) is 1. The average molecular weight is 243 g/mol. The number of hydrogen-bond donors (Lipinski definition) is 1. The molecule has 0 aromatic heterocycles. The standard InChI is InChI=1S/C17H25N/c1-3-5-6-13(4-2)11-14-7-8-15-12-16(18)9-10-17(14)15/h9-13H,3-8,18H2,1-2H3/b14-11+. The zero-order valence-electron chi connectivity index (χ0n) is 11.7. The van der Waals surface area contributed by atoms with Gasteiger partial charge in [0.2, 0.25) is 0 Å². The van der Waals surface area contributed by atoms with Crippen molar-refractivity contribution in [2.75, 3.05) is 5.73 Å². The topological polar surface area (TPSA) is 26.0 Å². The van der Waals surface area contributed by atoms with Crippen molar-refractivity contribution in [1.29, 1.82) is 0 Å². The molecule has 18 heavy (non-hydrogen) atoms. The zero-order chi connectivity index (χ0) is 13.0. The molecule has 0 aliphatic heterocycles. The molecule has 1 aliphatic carbocycles. The fraction of sp³-hybridized carbons (Fsp3) is 0.529. The summed E-state index contributed by atoms with van der Waals surface area (Å²) >= 11 is 0. The van der Waals surface area contributed by atoms with Crippen LogP contribution < -0.4 is 5.73 Å². The molecular formula is C17H25N. The van der Waals surface area contributed by atoms with E-state index in [1.807, 2.05) is 6.07 Å². The number of nitrogen functional groups attached to an aromatic ring is 1. The summed E-state index contributed by atoms with van der Waals surface area (Å²) in [6, 6.07) is 6.38. The molecule has 1 atom stereocenters. The Kier molecular flexibility index (Phi) is 4.46. The van der Waals surface area contributed by atoms with Crippen LogP contribution in [0, 0.1) is 5.92 Å². The van der Waals surface area contributed by atoms with Crippen molar-refractivity contribution in [2.24, 2.45) is 5.92 Å². The first kappa shape index (κ1) is 13.2. The van der Waals surface area contributed by atoms with Gasteiger partial charge in [-0.1, -0.05) is 38.8 Å². The van der Waals surface area contributed by atoms with E-state index in [2.05, 4.69) is 32.1 Å². The largest absolute Gasteiger partial charge is 0.399 e. The van der Waals surface area contributed by atoms with Gasteiger partial charge in [-0.2, -0.15) is 0 Å². The first-order valence-corrected chi connectivity index (χ1v) is 7.34. The third kappa shape index (κ3) is 2.95. The molecule has 0 fully saturated rings. The molecule has 2 N–H and O–H groups in total. The van der Waals surface area contributed by atoms with E-state index in [-0.39, 0.29) is 0 Å². The molecule has 0 bridgehead atoms. The molecule has 1 unspecified atom stereocenters. The number of anilines is 1. The number of allylic oxidation sites excluding steroid dienone is 2. The van der Waals surface area contributed by atoms with Gasteiger partial charge in [0, 0.05) is 5.69 Å². The lowest BCUT2D eigenvalue weighted by molar-refractivity contribution is 0.540. The van der Waals surface area contributed by atoms with Crippen molar-refractivity contribution < 1.29 is 0 Å². The van der Waals surface area contributed by atoms with E-state index in [0.717, 1.165) is 18.0 Å². The number of nitrogens with two attached hydrogens (primary N) is 1. The molecule has 0 saturated carbocycles. The SMILES string of the molecule is CCCCC(/C=C1\CCc2cc(N)ccc21)CC. The van der Waals surface area contributed by atoms with Gasteiger partial charge >= 0.3 is 0 Å². The van der Waals surface area contributed by atoms with Crippen LogP contribution in [0.4, 0.5) is 5.69 Å². The van der Waals surface area contributed by atoms with Gasteiger partial charge in [-0.05, 0) is 60.4 Å². The van der Waals surface area contributed by atoms with Crippen LogP contribution in [0.3, 0.4) is 0 Å². The van der Waals surface area contributed by atoms with Gasteiger partial charge in [-0.3, -0.25) is 0 Å². The van der Waals surface area contributed by atoms with Crippen LogP contribution in [0.25, 0.3) is 5.57 Å². The minimum atomic E-state index is 0.753. The van der Waals surface area contributed by atoms with Gasteiger partial charge in [0.1, 0.15) is 0 Å². The highest BCUT2D eigenvalue weighted by atomic mass is 14.5. The lowest BCUT2D eigenvalue weighted by Gasteiger charge is -2.11. The normalized spacial score (nSPS) is 18.0. The van der Waals surface area contributed by atoms with Crippen LogP contribution in [-0.4, -0.2) is 0 Å². The Morgan fingerprint density at radius 1 is 1.28 bits per heavy atom. The van der Waals surface area contributed by atoms with Gasteiger partial charge in [-0.15, -0.1) is 0 Å². The predicted molar refractivity (Wildman–Crippen MR) is 80.5 cm³/mol. The van der Waals surface area contributed by atoms with Gasteiger partial charge in [0.25, 0.3) is 0 Å². The Bertz CT molecular complexity index is 431. The highest BCUT2D eigenvalue weighted by Crippen LogP contribution is 2.35. The Morgan fingerprint density at radius 3 is 2.83 bits per heavy atom. The summed E-state index contributed by atoms with van der Waals surface area (Å²) in [4.78, 5) is 0. The molecule has 98 valence electrons. The van der Waals surface area contributed by atoms with E-state index in [9.17, 15) is 0 Å². The molecule has 0 radical (unpaired) electrons. The summed E-state index contributed by atoms with van der Waals surface area (Å²) in [7, 11) is 0. The average Bonchev–Trinajstić information content (AvgIpc) is 2.76. The third-order valence-corrected chi connectivity index (χ3v) is 4.03. The van der Waals surface area contributed by atoms with Crippen LogP contribution in [-0.2, 0) is 6.42 Å². The van der Waals surface area contributed by atoms with E-state index >= 15 is 0 Å². The first-order valence-electron chi connectivity index (χ1n) is 7.34. The van der Waals surface area contributed by atoms with Crippen molar-refractivity contribution in [3.63, 3.8) is 0 Å². The van der Waals surface area contributed by atoms with Crippen LogP contribution in [0.5, 0.6) is 0 Å². The minimum Gasteiger partial charge on any atom is -0.399 e. The van der Waals surface area contributed by atoms with E-state index in [0.29, 0.717) is 0 Å². The number of aryl methyl sites for hydroxylation is 1. The third-order valence-electron chi connectivity index (χ3n) is 4.03. The van der Waals surface area contributed by atoms with Gasteiger partial charge < -0.3 is 5.73 Å². The second kappa shape index (κ2) is 6.08. The maximum Gasteiger partial charge on any atom is 0.0317 e. The molecule has 0 saturated heterocycles. The quantitative estimate of drug-likeness (QED) is 0.737. The molecule has 1 heteroatoms. The molecule has 1 nitrogen and oxygen atoms in total. The van der Waals surface area contributed by atoms with Crippen LogP contribution >= 0.6 is 0 Å². The second-order valence-corrected chi connectivity index (χ2v) is 5.42. The zero-order valence-corrected chi connectivity index (χ0v) is 11.7. The summed E-state index contributed by atoms with van der Waals surface area (Å²) in [6.45, 7) is 4.57. The van der Waals surface area contributed by atoms with Gasteiger partial charge in [0.15, 0.2) is 0 Å². The molecule has 0 heterocycles. The van der Waals surface area contributed by atoms with Crippen LogP contribution in [0.1, 0.15) is 57.1 Å². The fourth-order valence-electron chi connectivity index (χ4n) is 2.87. The number of fused-ring (bicyclic) bond motifs is 1. The molecule has 0 amide bonds. The summed E-state index contributed by atoms with van der Waals surface area (Å²) < 4.78 is 0. The maximum atomic E-state index is 5.85. The van der Waals surface area contributed by atoms with Crippen molar-refractivity contribution in [3.05, 3.63) is 35.4 Å². The Balaban J connectivity index is 2.16. The summed E-state index contributed by atoms with van der Waals surface area (Å²) in [5, 5.41) is 0. The lowest BCUT2D eigenvalue weighted by atomic mass is 9.94. The van der Waals surface area contributed by atoms with E-state index in [4.69, 9.17) is 5.73 Å². The van der Waals surface area contributed by atoms with Gasteiger partial charge in [-0.25, -0.2) is 0 Å². The first-order chi connectivity index (χ1) is 8.74. The number of rotatable bonds is 5. The van der Waals surface area contributed by atoms with E-state index < -0.39 is 0 Å². The lowest BCUT2D eigenvalue weighted by Crippen LogP contribution is -1.95. The summed E-state index contributed by atoms with van der Waals surface area (Å²) in [6.07, 6.45) is 10.1. The summed E-state index contributed by atoms with van der Waals surface area (Å²) in [5.41, 5.74) is 11.2. The van der Waals surface area contributed by atoms with Gasteiger partial charge in [0.05, 0.1) is 0 Å². The van der Waals surface area contributed by atoms with Crippen molar-refractivity contribution >= 4 is 11.3 Å². The number of benzene rings is 1. The van der Waals surface area contributed by atoms with E-state index in [1.54, 1.807) is 5.57 Å². The van der Waals surface area contributed by atoms with Crippen LogP contribution in [0.15, 0.2) is 24.3 Å². The van der Waals surface area contributed by atoms with Crippen molar-refractivity contribution in [1.82, 2.24) is 0 Å². The molecule has 2 rings (SSSR count). The Hall–Kier alpha value is -1.24. The Morgan fingerprint density at radius 2 is 2.11 bits per heavy atom. The van der Waals surface area contributed by atoms with Crippen molar-refractivity contribution in [2.45, 2.75) is 52.4 Å². The molecule has 1 aromatic rings. The monoisotopic (exact) mass is 243 g/mol. The van der Waals surface area contributed by atoms with E-state index in [1.165, 1.54) is 43.2 Å². The minimum absolute atomic E-state index is 0.753. The highest BCUT2D eigenvalue weighted by molar-refractivity contribution is 5.74. The molecule has 0 spiro atoms. The van der Waals surface area contributed by atoms with Crippen molar-refractivity contribution in [3.8, 4) is 0 Å². The fourth-order valence-corrected chi connectivity index (χ4v) is 2.87. The highest BCUT2D eigenvalue weighted by Gasteiger charge is 2.17. The molecule has 1 aliphatic rings. The van der Waals surface area contributed by atoms with Crippen LogP contribution in [0.2, 0.25) is 0 Å². The molecule has 1 aromatic carbocycles. The summed E-state index contributed by atoms with van der Waals surface area (Å²) in [5.74, 6) is 0.753. The maximum absolute atomic E-state index is 5.85. The second-order valence-electron chi connectivity index (χ2n) is 5.42. The molecular weight excluding hydrogens is 218 g/mol. The number of hydrogen-bond acceptors (Lipinski definition) is 1. The predicted octanol–water partition coefficient (Wildman–Crippen LogP) is 4.81. The Labute approximate surface area is 111 Å². The smallest absolute Gasteiger partial charge is 0.0317 e.